The Hall–Kier alpha value is -1.35. The molecule has 0 saturated heterocycles. The normalized spacial score (nSPS) is 14.1. The van der Waals surface area contributed by atoms with Gasteiger partial charge in [-0.05, 0) is 32.0 Å². The van der Waals surface area contributed by atoms with E-state index in [2.05, 4.69) is 10.0 Å². The van der Waals surface area contributed by atoms with Gasteiger partial charge in [0.15, 0.2) is 0 Å². The lowest BCUT2D eigenvalue weighted by Gasteiger charge is -2.18. The molecule has 1 rings (SSSR count). The topological polar surface area (TPSA) is 93.7 Å². The Labute approximate surface area is 141 Å². The van der Waals surface area contributed by atoms with Crippen molar-refractivity contribution in [3.63, 3.8) is 0 Å². The SMILES string of the molecule is COC[C@H](C)NC(=O)[C@@H](C)NS(=O)(=O)c1ccc(OC)c(Cl)c1. The van der Waals surface area contributed by atoms with Gasteiger partial charge < -0.3 is 14.8 Å². The third-order valence-corrected chi connectivity index (χ3v) is 4.80. The molecule has 1 amide bonds. The minimum Gasteiger partial charge on any atom is -0.495 e. The molecule has 0 aliphatic carbocycles. The van der Waals surface area contributed by atoms with E-state index in [0.717, 1.165) is 0 Å². The lowest BCUT2D eigenvalue weighted by Crippen LogP contribution is -2.48. The molecule has 0 fully saturated rings. The number of benzene rings is 1. The third kappa shape index (κ3) is 5.65. The molecule has 2 atom stereocenters. The molecule has 0 bridgehead atoms. The Morgan fingerprint density at radius 1 is 1.30 bits per heavy atom. The molecular weight excluding hydrogens is 344 g/mol. The number of sulfonamides is 1. The van der Waals surface area contributed by atoms with Gasteiger partial charge in [-0.25, -0.2) is 8.42 Å². The zero-order chi connectivity index (χ0) is 17.6. The van der Waals surface area contributed by atoms with Crippen LogP contribution in [0.5, 0.6) is 5.75 Å². The predicted molar refractivity (Wildman–Crippen MR) is 87.3 cm³/mol. The first kappa shape index (κ1) is 19.7. The molecule has 0 heterocycles. The van der Waals surface area contributed by atoms with Gasteiger partial charge in [-0.1, -0.05) is 11.6 Å². The molecule has 0 radical (unpaired) electrons. The van der Waals surface area contributed by atoms with Gasteiger partial charge in [0.25, 0.3) is 0 Å². The Balaban J connectivity index is 2.81. The lowest BCUT2D eigenvalue weighted by molar-refractivity contribution is -0.123. The van der Waals surface area contributed by atoms with Crippen molar-refractivity contribution in [2.75, 3.05) is 20.8 Å². The van der Waals surface area contributed by atoms with Crippen molar-refractivity contribution < 1.29 is 22.7 Å². The second-order valence-electron chi connectivity index (χ2n) is 5.00. The van der Waals surface area contributed by atoms with Gasteiger partial charge in [-0.2, -0.15) is 4.72 Å². The first-order chi connectivity index (χ1) is 10.7. The van der Waals surface area contributed by atoms with Crippen LogP contribution in [-0.4, -0.2) is 47.2 Å². The number of rotatable bonds is 8. The van der Waals surface area contributed by atoms with Crippen LogP contribution in [0.3, 0.4) is 0 Å². The molecule has 2 N–H and O–H groups in total. The maximum absolute atomic E-state index is 12.3. The summed E-state index contributed by atoms with van der Waals surface area (Å²) in [5, 5.41) is 2.82. The van der Waals surface area contributed by atoms with E-state index in [-0.39, 0.29) is 16.0 Å². The highest BCUT2D eigenvalue weighted by atomic mass is 35.5. The lowest BCUT2D eigenvalue weighted by atomic mass is 10.3. The Bertz CT molecular complexity index is 651. The molecule has 0 aliphatic rings. The second kappa shape index (κ2) is 8.49. The van der Waals surface area contributed by atoms with Gasteiger partial charge in [0.2, 0.25) is 15.9 Å². The highest BCUT2D eigenvalue weighted by Gasteiger charge is 2.23. The van der Waals surface area contributed by atoms with Crippen molar-refractivity contribution in [1.82, 2.24) is 10.0 Å². The predicted octanol–water partition coefficient (Wildman–Crippen LogP) is 1.17. The summed E-state index contributed by atoms with van der Waals surface area (Å²) in [6.45, 7) is 3.54. The van der Waals surface area contributed by atoms with Gasteiger partial charge in [0.05, 0.1) is 29.7 Å². The van der Waals surface area contributed by atoms with Crippen LogP contribution in [0.4, 0.5) is 0 Å². The highest BCUT2D eigenvalue weighted by Crippen LogP contribution is 2.26. The quantitative estimate of drug-likeness (QED) is 0.722. The molecule has 9 heteroatoms. The van der Waals surface area contributed by atoms with Crippen LogP contribution < -0.4 is 14.8 Å². The standard InChI is InChI=1S/C14H21ClN2O5S/c1-9(8-21-3)16-14(18)10(2)17-23(19,20)11-5-6-13(22-4)12(15)7-11/h5-7,9-10,17H,8H2,1-4H3,(H,16,18)/t9-,10+/m0/s1. The van der Waals surface area contributed by atoms with E-state index < -0.39 is 22.0 Å². The highest BCUT2D eigenvalue weighted by molar-refractivity contribution is 7.89. The minimum atomic E-state index is -3.88. The zero-order valence-electron chi connectivity index (χ0n) is 13.4. The average Bonchev–Trinajstić information content (AvgIpc) is 2.46. The van der Waals surface area contributed by atoms with E-state index >= 15 is 0 Å². The number of amides is 1. The van der Waals surface area contributed by atoms with Gasteiger partial charge in [0.1, 0.15) is 5.75 Å². The van der Waals surface area contributed by atoms with Crippen LogP contribution in [0, 0.1) is 0 Å². The molecule has 0 saturated carbocycles. The zero-order valence-corrected chi connectivity index (χ0v) is 15.0. The van der Waals surface area contributed by atoms with Crippen molar-refractivity contribution >= 4 is 27.5 Å². The van der Waals surface area contributed by atoms with Crippen molar-refractivity contribution in [1.29, 1.82) is 0 Å². The van der Waals surface area contributed by atoms with E-state index in [1.54, 1.807) is 6.92 Å². The summed E-state index contributed by atoms with van der Waals surface area (Å²) in [6.07, 6.45) is 0. The third-order valence-electron chi connectivity index (χ3n) is 2.96. The molecule has 130 valence electrons. The molecular formula is C14H21ClN2O5S. The number of hydrogen-bond acceptors (Lipinski definition) is 5. The smallest absolute Gasteiger partial charge is 0.241 e. The average molecular weight is 365 g/mol. The summed E-state index contributed by atoms with van der Waals surface area (Å²) in [6, 6.07) is 2.89. The Morgan fingerprint density at radius 2 is 1.96 bits per heavy atom. The van der Waals surface area contributed by atoms with E-state index in [1.165, 1.54) is 39.3 Å². The molecule has 1 aromatic carbocycles. The summed E-state index contributed by atoms with van der Waals surface area (Å²) in [5.41, 5.74) is 0. The molecule has 0 aliphatic heterocycles. The fraction of sp³-hybridized carbons (Fsp3) is 0.500. The largest absolute Gasteiger partial charge is 0.495 e. The van der Waals surface area contributed by atoms with Crippen LogP contribution in [-0.2, 0) is 19.6 Å². The maximum Gasteiger partial charge on any atom is 0.241 e. The van der Waals surface area contributed by atoms with Crippen molar-refractivity contribution in [3.05, 3.63) is 23.2 Å². The van der Waals surface area contributed by atoms with Crippen molar-refractivity contribution in [2.45, 2.75) is 30.8 Å². The molecule has 0 aromatic heterocycles. The first-order valence-corrected chi connectivity index (χ1v) is 8.72. The van der Waals surface area contributed by atoms with E-state index in [1.807, 2.05) is 0 Å². The first-order valence-electron chi connectivity index (χ1n) is 6.86. The number of methoxy groups -OCH3 is 2. The van der Waals surface area contributed by atoms with E-state index in [4.69, 9.17) is 21.1 Å². The van der Waals surface area contributed by atoms with Gasteiger partial charge in [0, 0.05) is 13.2 Å². The second-order valence-corrected chi connectivity index (χ2v) is 7.13. The van der Waals surface area contributed by atoms with Crippen LogP contribution in [0.1, 0.15) is 13.8 Å². The van der Waals surface area contributed by atoms with Crippen LogP contribution in [0.2, 0.25) is 5.02 Å². The number of nitrogens with one attached hydrogen (secondary N) is 2. The fourth-order valence-corrected chi connectivity index (χ4v) is 3.38. The Kier molecular flexibility index (Phi) is 7.27. The maximum atomic E-state index is 12.3. The molecule has 1 aromatic rings. The number of carbonyl (C=O) groups is 1. The van der Waals surface area contributed by atoms with Crippen molar-refractivity contribution in [2.24, 2.45) is 0 Å². The van der Waals surface area contributed by atoms with E-state index in [9.17, 15) is 13.2 Å². The summed E-state index contributed by atoms with van der Waals surface area (Å²) < 4.78 is 36.8. The minimum absolute atomic E-state index is 0.0483. The van der Waals surface area contributed by atoms with E-state index in [0.29, 0.717) is 12.4 Å². The number of ether oxygens (including phenoxy) is 2. The monoisotopic (exact) mass is 364 g/mol. The van der Waals surface area contributed by atoms with Gasteiger partial charge in [-0.15, -0.1) is 0 Å². The summed E-state index contributed by atoms with van der Waals surface area (Å²) in [4.78, 5) is 11.9. The summed E-state index contributed by atoms with van der Waals surface area (Å²) >= 11 is 5.93. The molecule has 23 heavy (non-hydrogen) atoms. The summed E-state index contributed by atoms with van der Waals surface area (Å²) in [5.74, 6) is -0.0810. The molecule has 0 spiro atoms. The molecule has 0 unspecified atom stereocenters. The van der Waals surface area contributed by atoms with Gasteiger partial charge in [-0.3, -0.25) is 4.79 Å². The van der Waals surface area contributed by atoms with Crippen molar-refractivity contribution in [3.8, 4) is 5.75 Å². The van der Waals surface area contributed by atoms with Crippen LogP contribution >= 0.6 is 11.6 Å². The van der Waals surface area contributed by atoms with Crippen LogP contribution in [0.25, 0.3) is 0 Å². The Morgan fingerprint density at radius 3 is 2.48 bits per heavy atom. The molecule has 7 nitrogen and oxygen atoms in total. The fourth-order valence-electron chi connectivity index (χ4n) is 1.83. The van der Waals surface area contributed by atoms with Crippen LogP contribution in [0.15, 0.2) is 23.1 Å². The number of halogens is 1. The number of carbonyl (C=O) groups excluding carboxylic acids is 1. The summed E-state index contributed by atoms with van der Waals surface area (Å²) in [7, 11) is -0.934. The van der Waals surface area contributed by atoms with Gasteiger partial charge >= 0.3 is 0 Å². The number of hydrogen-bond donors (Lipinski definition) is 2.